The van der Waals surface area contributed by atoms with E-state index in [2.05, 4.69) is 22.6 Å². The van der Waals surface area contributed by atoms with Gasteiger partial charge in [0, 0.05) is 5.56 Å². The monoisotopic (exact) mass is 464 g/mol. The molecule has 26 heavy (non-hydrogen) atoms. The van der Waals surface area contributed by atoms with Gasteiger partial charge in [-0.05, 0) is 76.7 Å². The minimum Gasteiger partial charge on any atom is -0.497 e. The lowest BCUT2D eigenvalue weighted by atomic mass is 10.1. The second-order valence-electron chi connectivity index (χ2n) is 5.46. The summed E-state index contributed by atoms with van der Waals surface area (Å²) in [7, 11) is 4.78. The summed E-state index contributed by atoms with van der Waals surface area (Å²) in [6.07, 6.45) is 3.50. The highest BCUT2D eigenvalue weighted by Gasteiger charge is 2.22. The summed E-state index contributed by atoms with van der Waals surface area (Å²) in [5, 5.41) is 0. The fourth-order valence-corrected chi connectivity index (χ4v) is 3.43. The molecule has 5 nitrogen and oxygen atoms in total. The van der Waals surface area contributed by atoms with Gasteiger partial charge in [-0.1, -0.05) is 0 Å². The Morgan fingerprint density at radius 1 is 1.00 bits per heavy atom. The van der Waals surface area contributed by atoms with Crippen LogP contribution in [0.15, 0.2) is 48.0 Å². The Morgan fingerprint density at radius 3 is 2.35 bits per heavy atom. The van der Waals surface area contributed by atoms with E-state index in [1.165, 1.54) is 0 Å². The number of carbonyl (C=O) groups is 1. The van der Waals surface area contributed by atoms with Crippen molar-refractivity contribution in [3.8, 4) is 17.2 Å². The molecule has 0 bridgehead atoms. The first-order valence-corrected chi connectivity index (χ1v) is 8.85. The highest BCUT2D eigenvalue weighted by atomic mass is 127. The number of carbonyl (C=O) groups excluding carboxylic acids is 1. The first kappa shape index (κ1) is 18.3. The second-order valence-corrected chi connectivity index (χ2v) is 6.63. The third kappa shape index (κ3) is 3.70. The molecule has 0 saturated heterocycles. The Morgan fingerprint density at radius 2 is 1.73 bits per heavy atom. The molecule has 3 rings (SSSR count). The first-order valence-electron chi connectivity index (χ1n) is 7.77. The summed E-state index contributed by atoms with van der Waals surface area (Å²) in [6.45, 7) is 0. The van der Waals surface area contributed by atoms with Gasteiger partial charge in [0.2, 0.25) is 0 Å². The fraction of sp³-hybridized carbons (Fsp3) is 0.150. The molecule has 0 atom stereocenters. The lowest BCUT2D eigenvalue weighted by molar-refractivity contribution is -0.130. The Bertz CT molecular complexity index is 897. The number of benzene rings is 2. The largest absolute Gasteiger partial charge is 0.497 e. The van der Waals surface area contributed by atoms with Crippen LogP contribution in [0.1, 0.15) is 11.1 Å². The van der Waals surface area contributed by atoms with Crippen molar-refractivity contribution in [1.29, 1.82) is 0 Å². The van der Waals surface area contributed by atoms with E-state index in [1.807, 2.05) is 36.4 Å². The van der Waals surface area contributed by atoms with Gasteiger partial charge in [0.15, 0.2) is 11.5 Å². The number of hydrogen-bond acceptors (Lipinski definition) is 5. The van der Waals surface area contributed by atoms with E-state index in [0.717, 1.165) is 20.4 Å². The van der Waals surface area contributed by atoms with Crippen molar-refractivity contribution in [3.05, 3.63) is 62.7 Å². The maximum Gasteiger partial charge on any atom is 0.343 e. The zero-order chi connectivity index (χ0) is 18.7. The number of ether oxygens (including phenoxy) is 4. The van der Waals surface area contributed by atoms with Crippen molar-refractivity contribution in [2.45, 2.75) is 0 Å². The molecule has 0 amide bonds. The first-order chi connectivity index (χ1) is 12.5. The van der Waals surface area contributed by atoms with Crippen LogP contribution in [0, 0.1) is 3.57 Å². The summed E-state index contributed by atoms with van der Waals surface area (Å²) in [6, 6.07) is 11.1. The summed E-state index contributed by atoms with van der Waals surface area (Å²) >= 11 is 2.17. The molecule has 2 aromatic rings. The quantitative estimate of drug-likeness (QED) is 0.376. The lowest BCUT2D eigenvalue weighted by Gasteiger charge is -2.10. The Kier molecular flexibility index (Phi) is 5.51. The molecule has 1 aliphatic heterocycles. The SMILES string of the molecule is COc1ccc(C2=C/C(=C/c3cc(I)c(OC)c(OC)c3)C(=O)O2)cc1. The van der Waals surface area contributed by atoms with Gasteiger partial charge in [0.1, 0.15) is 11.5 Å². The minimum absolute atomic E-state index is 0.388. The number of rotatable bonds is 5. The molecule has 0 radical (unpaired) electrons. The smallest absolute Gasteiger partial charge is 0.343 e. The zero-order valence-electron chi connectivity index (χ0n) is 14.5. The molecule has 6 heteroatoms. The van der Waals surface area contributed by atoms with Gasteiger partial charge in [0.25, 0.3) is 0 Å². The zero-order valence-corrected chi connectivity index (χ0v) is 16.7. The van der Waals surface area contributed by atoms with Gasteiger partial charge in [0.05, 0.1) is 30.5 Å². The normalized spacial score (nSPS) is 14.8. The molecule has 0 N–H and O–H groups in total. The minimum atomic E-state index is -0.388. The Labute approximate surface area is 165 Å². The topological polar surface area (TPSA) is 54.0 Å². The maximum atomic E-state index is 12.2. The highest BCUT2D eigenvalue weighted by molar-refractivity contribution is 14.1. The van der Waals surface area contributed by atoms with Crippen molar-refractivity contribution < 1.29 is 23.7 Å². The molecule has 0 saturated carbocycles. The third-order valence-electron chi connectivity index (χ3n) is 3.88. The molecule has 0 aromatic heterocycles. The Hall–Kier alpha value is -2.48. The van der Waals surface area contributed by atoms with Crippen LogP contribution < -0.4 is 14.2 Å². The van der Waals surface area contributed by atoms with Crippen LogP contribution in [0.4, 0.5) is 0 Å². The molecule has 0 fully saturated rings. The van der Waals surface area contributed by atoms with Gasteiger partial charge in [-0.15, -0.1) is 0 Å². The van der Waals surface area contributed by atoms with Gasteiger partial charge in [-0.3, -0.25) is 0 Å². The van der Waals surface area contributed by atoms with Crippen LogP contribution in [0.2, 0.25) is 0 Å². The summed E-state index contributed by atoms with van der Waals surface area (Å²) in [5.41, 5.74) is 2.11. The average Bonchev–Trinajstić information content (AvgIpc) is 3.01. The predicted octanol–water partition coefficient (Wildman–Crippen LogP) is 4.30. The fourth-order valence-electron chi connectivity index (χ4n) is 2.59. The van der Waals surface area contributed by atoms with Crippen LogP contribution >= 0.6 is 22.6 Å². The van der Waals surface area contributed by atoms with Gasteiger partial charge < -0.3 is 18.9 Å². The molecular formula is C20H17IO5. The van der Waals surface area contributed by atoms with E-state index in [9.17, 15) is 4.79 Å². The van der Waals surface area contributed by atoms with Crippen molar-refractivity contribution in [1.82, 2.24) is 0 Å². The molecule has 0 unspecified atom stereocenters. The van der Waals surface area contributed by atoms with E-state index in [4.69, 9.17) is 18.9 Å². The van der Waals surface area contributed by atoms with Crippen LogP contribution in [0.25, 0.3) is 11.8 Å². The maximum absolute atomic E-state index is 12.2. The van der Waals surface area contributed by atoms with Crippen LogP contribution in [0.3, 0.4) is 0 Å². The molecule has 0 spiro atoms. The van der Waals surface area contributed by atoms with Crippen molar-refractivity contribution >= 4 is 40.4 Å². The predicted molar refractivity (Wildman–Crippen MR) is 107 cm³/mol. The van der Waals surface area contributed by atoms with Gasteiger partial charge in [-0.2, -0.15) is 0 Å². The summed E-state index contributed by atoms with van der Waals surface area (Å²) in [5.74, 6) is 2.14. The van der Waals surface area contributed by atoms with E-state index in [0.29, 0.717) is 22.8 Å². The molecule has 1 heterocycles. The van der Waals surface area contributed by atoms with Crippen LogP contribution in [-0.4, -0.2) is 27.3 Å². The summed E-state index contributed by atoms with van der Waals surface area (Å²) in [4.78, 5) is 12.2. The number of halogens is 1. The van der Waals surface area contributed by atoms with Crippen molar-refractivity contribution in [2.24, 2.45) is 0 Å². The van der Waals surface area contributed by atoms with Crippen LogP contribution in [0.5, 0.6) is 17.2 Å². The third-order valence-corrected chi connectivity index (χ3v) is 4.68. The Balaban J connectivity index is 1.94. The molecule has 134 valence electrons. The van der Waals surface area contributed by atoms with Crippen LogP contribution in [-0.2, 0) is 9.53 Å². The van der Waals surface area contributed by atoms with Gasteiger partial charge in [-0.25, -0.2) is 4.79 Å². The van der Waals surface area contributed by atoms with E-state index >= 15 is 0 Å². The van der Waals surface area contributed by atoms with E-state index < -0.39 is 0 Å². The molecule has 1 aliphatic rings. The van der Waals surface area contributed by atoms with Crippen molar-refractivity contribution in [3.63, 3.8) is 0 Å². The second kappa shape index (κ2) is 7.82. The van der Waals surface area contributed by atoms with E-state index in [1.54, 1.807) is 33.5 Å². The molecule has 2 aromatic carbocycles. The van der Waals surface area contributed by atoms with E-state index in [-0.39, 0.29) is 5.97 Å². The highest BCUT2D eigenvalue weighted by Crippen LogP contribution is 2.35. The molecular weight excluding hydrogens is 447 g/mol. The average molecular weight is 464 g/mol. The lowest BCUT2D eigenvalue weighted by Crippen LogP contribution is -1.98. The number of esters is 1. The number of methoxy groups -OCH3 is 3. The standard InChI is InChI=1S/C20H17IO5/c1-23-15-6-4-13(5-7-15)17-11-14(20(22)26-17)8-12-9-16(21)19(25-3)18(10-12)24-2/h4-11H,1-3H3/b14-8-. The molecule has 0 aliphatic carbocycles. The number of hydrogen-bond donors (Lipinski definition) is 0. The summed E-state index contributed by atoms with van der Waals surface area (Å²) < 4.78 is 22.1. The number of cyclic esters (lactones) is 1. The van der Waals surface area contributed by atoms with Gasteiger partial charge >= 0.3 is 5.97 Å². The van der Waals surface area contributed by atoms with Crippen molar-refractivity contribution in [2.75, 3.05) is 21.3 Å².